The summed E-state index contributed by atoms with van der Waals surface area (Å²) in [4.78, 5) is 22.6. The molecular weight excluding hydrogens is 282 g/mol. The zero-order valence-corrected chi connectivity index (χ0v) is 11.9. The van der Waals surface area contributed by atoms with Gasteiger partial charge in [0.15, 0.2) is 0 Å². The van der Waals surface area contributed by atoms with Crippen LogP contribution < -0.4 is 5.69 Å². The van der Waals surface area contributed by atoms with Crippen LogP contribution in [0.1, 0.15) is 25.5 Å². The number of hydrogen-bond acceptors (Lipinski definition) is 3. The van der Waals surface area contributed by atoms with Crippen molar-refractivity contribution >= 4 is 17.3 Å². The second kappa shape index (κ2) is 5.50. The Labute approximate surface area is 120 Å². The first-order valence-corrected chi connectivity index (χ1v) is 6.48. The smallest absolute Gasteiger partial charge is 0.297 e. The molecule has 0 saturated carbocycles. The van der Waals surface area contributed by atoms with E-state index in [-0.39, 0.29) is 24.0 Å². The summed E-state index contributed by atoms with van der Waals surface area (Å²) in [6.45, 7) is 3.91. The number of nitro benzene ring substituents is 1. The van der Waals surface area contributed by atoms with Gasteiger partial charge in [-0.1, -0.05) is 11.6 Å². The number of nitrogens with zero attached hydrogens (tertiary/aromatic N) is 3. The Kier molecular flexibility index (Phi) is 3.94. The first-order valence-electron chi connectivity index (χ1n) is 6.10. The Morgan fingerprint density at radius 1 is 1.35 bits per heavy atom. The largest absolute Gasteiger partial charge is 0.328 e. The third-order valence-electron chi connectivity index (χ3n) is 3.01. The fraction of sp³-hybridized carbons (Fsp3) is 0.308. The molecule has 2 aromatic rings. The molecule has 2 rings (SSSR count). The van der Waals surface area contributed by atoms with E-state index in [4.69, 9.17) is 11.6 Å². The number of halogens is 1. The van der Waals surface area contributed by atoms with Crippen LogP contribution in [0, 0.1) is 10.1 Å². The quantitative estimate of drug-likeness (QED) is 0.643. The summed E-state index contributed by atoms with van der Waals surface area (Å²) in [5.41, 5.74) is 0.166. The van der Waals surface area contributed by atoms with Crippen LogP contribution in [0.3, 0.4) is 0 Å². The summed E-state index contributed by atoms with van der Waals surface area (Å²) >= 11 is 5.87. The van der Waals surface area contributed by atoms with E-state index in [9.17, 15) is 14.9 Å². The second-order valence-corrected chi connectivity index (χ2v) is 5.18. The number of nitro groups is 1. The maximum Gasteiger partial charge on any atom is 0.328 e. The van der Waals surface area contributed by atoms with Crippen LogP contribution >= 0.6 is 11.6 Å². The molecule has 0 N–H and O–H groups in total. The van der Waals surface area contributed by atoms with Gasteiger partial charge in [-0.3, -0.25) is 19.2 Å². The normalized spacial score (nSPS) is 11.0. The Morgan fingerprint density at radius 2 is 2.05 bits per heavy atom. The van der Waals surface area contributed by atoms with Crippen molar-refractivity contribution in [3.05, 3.63) is 61.8 Å². The van der Waals surface area contributed by atoms with E-state index in [1.54, 1.807) is 17.0 Å². The first kappa shape index (κ1) is 14.3. The third-order valence-corrected chi connectivity index (χ3v) is 3.24. The number of aromatic nitrogens is 2. The molecule has 20 heavy (non-hydrogen) atoms. The van der Waals surface area contributed by atoms with Gasteiger partial charge in [-0.05, 0) is 26.0 Å². The molecule has 0 radical (unpaired) electrons. The highest BCUT2D eigenvalue weighted by atomic mass is 35.5. The summed E-state index contributed by atoms with van der Waals surface area (Å²) in [5, 5.41) is 11.4. The molecule has 106 valence electrons. The molecule has 0 unspecified atom stereocenters. The van der Waals surface area contributed by atoms with E-state index < -0.39 is 4.92 Å². The average molecular weight is 296 g/mol. The Morgan fingerprint density at radius 3 is 2.60 bits per heavy atom. The summed E-state index contributed by atoms with van der Waals surface area (Å²) in [6, 6.07) is 4.37. The number of hydrogen-bond donors (Lipinski definition) is 0. The molecule has 1 heterocycles. The Bertz CT molecular complexity index is 703. The molecule has 0 saturated heterocycles. The zero-order valence-electron chi connectivity index (χ0n) is 11.1. The highest BCUT2D eigenvalue weighted by Gasteiger charge is 2.16. The molecule has 0 bridgehead atoms. The van der Waals surface area contributed by atoms with Gasteiger partial charge in [-0.2, -0.15) is 0 Å². The fourth-order valence-electron chi connectivity index (χ4n) is 1.98. The van der Waals surface area contributed by atoms with Gasteiger partial charge >= 0.3 is 5.69 Å². The molecule has 1 aromatic heterocycles. The summed E-state index contributed by atoms with van der Waals surface area (Å²) < 4.78 is 3.00. The van der Waals surface area contributed by atoms with Crippen molar-refractivity contribution in [2.75, 3.05) is 0 Å². The lowest BCUT2D eigenvalue weighted by Crippen LogP contribution is -2.25. The average Bonchev–Trinajstić information content (AvgIpc) is 2.71. The number of imidazole rings is 1. The number of benzene rings is 1. The van der Waals surface area contributed by atoms with Crippen molar-refractivity contribution in [3.63, 3.8) is 0 Å². The van der Waals surface area contributed by atoms with Gasteiger partial charge in [0, 0.05) is 29.5 Å². The molecule has 0 atom stereocenters. The SMILES string of the molecule is CC(C)n1ccn(Cc2cc(Cl)ccc2[N+](=O)[O-])c1=O. The molecule has 0 amide bonds. The van der Waals surface area contributed by atoms with Gasteiger partial charge in [0.2, 0.25) is 0 Å². The first-order chi connectivity index (χ1) is 9.40. The van der Waals surface area contributed by atoms with Crippen molar-refractivity contribution in [2.24, 2.45) is 0 Å². The highest BCUT2D eigenvalue weighted by molar-refractivity contribution is 6.30. The van der Waals surface area contributed by atoms with Crippen LogP contribution in [-0.2, 0) is 6.54 Å². The van der Waals surface area contributed by atoms with Gasteiger partial charge in [0.05, 0.1) is 17.0 Å². The highest BCUT2D eigenvalue weighted by Crippen LogP contribution is 2.23. The van der Waals surface area contributed by atoms with Crippen LogP contribution in [0.25, 0.3) is 0 Å². The van der Waals surface area contributed by atoms with Gasteiger partial charge in [-0.15, -0.1) is 0 Å². The van der Waals surface area contributed by atoms with Crippen LogP contribution in [0.5, 0.6) is 0 Å². The molecular formula is C13H14ClN3O3. The van der Waals surface area contributed by atoms with Gasteiger partial charge in [-0.25, -0.2) is 4.79 Å². The molecule has 0 aliphatic heterocycles. The van der Waals surface area contributed by atoms with E-state index in [2.05, 4.69) is 0 Å². The molecule has 0 fully saturated rings. The lowest BCUT2D eigenvalue weighted by Gasteiger charge is -2.06. The number of rotatable bonds is 4. The van der Waals surface area contributed by atoms with Crippen LogP contribution in [-0.4, -0.2) is 14.1 Å². The molecule has 0 aliphatic carbocycles. The van der Waals surface area contributed by atoms with Crippen LogP contribution in [0.4, 0.5) is 5.69 Å². The molecule has 0 aliphatic rings. The van der Waals surface area contributed by atoms with E-state index in [0.717, 1.165) is 0 Å². The second-order valence-electron chi connectivity index (χ2n) is 4.74. The van der Waals surface area contributed by atoms with Gasteiger partial charge in [0.25, 0.3) is 5.69 Å². The molecule has 6 nitrogen and oxygen atoms in total. The van der Waals surface area contributed by atoms with Crippen LogP contribution in [0.15, 0.2) is 35.4 Å². The maximum absolute atomic E-state index is 12.1. The molecule has 7 heteroatoms. The minimum absolute atomic E-state index is 0.0399. The van der Waals surface area contributed by atoms with Crippen molar-refractivity contribution in [1.82, 2.24) is 9.13 Å². The zero-order chi connectivity index (χ0) is 14.9. The monoisotopic (exact) mass is 295 g/mol. The van der Waals surface area contributed by atoms with Gasteiger partial charge in [0.1, 0.15) is 0 Å². The Hall–Kier alpha value is -2.08. The van der Waals surface area contributed by atoms with E-state index >= 15 is 0 Å². The predicted octanol–water partition coefficient (Wildman–Crippen LogP) is 2.84. The maximum atomic E-state index is 12.1. The minimum Gasteiger partial charge on any atom is -0.297 e. The summed E-state index contributed by atoms with van der Waals surface area (Å²) in [7, 11) is 0. The topological polar surface area (TPSA) is 70.1 Å². The standard InChI is InChI=1S/C13H14ClN3O3/c1-9(2)16-6-5-15(13(16)18)8-10-7-11(14)3-4-12(10)17(19)20/h3-7,9H,8H2,1-2H3. The third kappa shape index (κ3) is 2.75. The predicted molar refractivity (Wildman–Crippen MR) is 76.3 cm³/mol. The lowest BCUT2D eigenvalue weighted by atomic mass is 10.2. The minimum atomic E-state index is -0.476. The van der Waals surface area contributed by atoms with E-state index in [0.29, 0.717) is 10.6 Å². The van der Waals surface area contributed by atoms with Crippen LogP contribution in [0.2, 0.25) is 5.02 Å². The summed E-state index contributed by atoms with van der Waals surface area (Å²) in [5.74, 6) is 0. The Balaban J connectivity index is 2.42. The summed E-state index contributed by atoms with van der Waals surface area (Å²) in [6.07, 6.45) is 3.29. The van der Waals surface area contributed by atoms with E-state index in [1.165, 1.54) is 22.8 Å². The molecule has 1 aromatic carbocycles. The van der Waals surface area contributed by atoms with Crippen molar-refractivity contribution in [3.8, 4) is 0 Å². The fourth-order valence-corrected chi connectivity index (χ4v) is 2.18. The van der Waals surface area contributed by atoms with Crippen molar-refractivity contribution in [1.29, 1.82) is 0 Å². The van der Waals surface area contributed by atoms with Crippen molar-refractivity contribution in [2.45, 2.75) is 26.4 Å². The molecule has 0 spiro atoms. The van der Waals surface area contributed by atoms with Crippen molar-refractivity contribution < 1.29 is 4.92 Å². The van der Waals surface area contributed by atoms with E-state index in [1.807, 2.05) is 13.8 Å². The lowest BCUT2D eigenvalue weighted by molar-refractivity contribution is -0.385. The van der Waals surface area contributed by atoms with Gasteiger partial charge < -0.3 is 0 Å².